The molecule has 0 fully saturated rings. The second-order valence-electron chi connectivity index (χ2n) is 6.78. The van der Waals surface area contributed by atoms with Gasteiger partial charge in [-0.25, -0.2) is 0 Å². The predicted molar refractivity (Wildman–Crippen MR) is 107 cm³/mol. The van der Waals surface area contributed by atoms with Gasteiger partial charge in [0.15, 0.2) is 10.9 Å². The maximum absolute atomic E-state index is 12.4. The third-order valence-electron chi connectivity index (χ3n) is 4.18. The molecule has 10 heteroatoms. The lowest BCUT2D eigenvalue weighted by Gasteiger charge is -2.09. The molecular weight excluding hydrogens is 392 g/mol. The van der Waals surface area contributed by atoms with Crippen LogP contribution in [0.25, 0.3) is 0 Å². The van der Waals surface area contributed by atoms with Crippen molar-refractivity contribution in [1.29, 1.82) is 0 Å². The van der Waals surface area contributed by atoms with Gasteiger partial charge in [-0.1, -0.05) is 42.9 Å². The van der Waals surface area contributed by atoms with Crippen LogP contribution in [0, 0.1) is 6.92 Å². The maximum atomic E-state index is 12.4. The van der Waals surface area contributed by atoms with Crippen molar-refractivity contribution in [3.05, 3.63) is 58.7 Å². The molecule has 1 aromatic carbocycles. The van der Waals surface area contributed by atoms with Gasteiger partial charge in [0, 0.05) is 24.3 Å². The summed E-state index contributed by atoms with van der Waals surface area (Å²) < 4.78 is 7.05. The fourth-order valence-electron chi connectivity index (χ4n) is 2.61. The molecule has 2 heterocycles. The number of nitrogens with zero attached hydrogens (tertiary/aromatic N) is 4. The number of hydrogen-bond acceptors (Lipinski definition) is 7. The lowest BCUT2D eigenvalue weighted by atomic mass is 10.0. The minimum Gasteiger partial charge on any atom is -0.360 e. The Morgan fingerprint density at radius 1 is 1.17 bits per heavy atom. The Hall–Kier alpha value is -3.14. The summed E-state index contributed by atoms with van der Waals surface area (Å²) in [5.41, 5.74) is 7.15. The van der Waals surface area contributed by atoms with Gasteiger partial charge < -0.3 is 9.09 Å². The van der Waals surface area contributed by atoms with Gasteiger partial charge in [0.2, 0.25) is 0 Å². The molecule has 0 bridgehead atoms. The number of thioether (sulfide) groups is 1. The molecule has 3 rings (SSSR count). The van der Waals surface area contributed by atoms with Crippen molar-refractivity contribution in [1.82, 2.24) is 30.8 Å². The lowest BCUT2D eigenvalue weighted by Crippen LogP contribution is -2.42. The molecule has 0 saturated heterocycles. The van der Waals surface area contributed by atoms with Crippen molar-refractivity contribution in [2.24, 2.45) is 7.05 Å². The smallest absolute Gasteiger partial charge is 0.275 e. The largest absolute Gasteiger partial charge is 0.360 e. The van der Waals surface area contributed by atoms with Gasteiger partial charge in [-0.3, -0.25) is 20.4 Å². The summed E-state index contributed by atoms with van der Waals surface area (Å²) in [5.74, 6) is 0.317. The van der Waals surface area contributed by atoms with E-state index in [2.05, 4.69) is 26.2 Å². The SMILES string of the molecule is Cc1noc(C(C)C)c1C(=O)NNC(=O)c1ccc(CSc2nncn2C)cc1. The first kappa shape index (κ1) is 20.6. The van der Waals surface area contributed by atoms with E-state index in [1.165, 1.54) is 0 Å². The Morgan fingerprint density at radius 2 is 1.86 bits per heavy atom. The minimum absolute atomic E-state index is 0.000359. The number of amides is 2. The van der Waals surface area contributed by atoms with Crippen LogP contribution in [0.1, 0.15) is 57.5 Å². The first-order valence-electron chi connectivity index (χ1n) is 8.99. The summed E-state index contributed by atoms with van der Waals surface area (Å²) in [6.45, 7) is 5.49. The average molecular weight is 414 g/mol. The molecule has 0 spiro atoms. The number of nitrogens with one attached hydrogen (secondary N) is 2. The van der Waals surface area contributed by atoms with Crippen molar-refractivity contribution in [2.45, 2.75) is 37.6 Å². The van der Waals surface area contributed by atoms with Crippen LogP contribution in [0.5, 0.6) is 0 Å². The fourth-order valence-corrected chi connectivity index (χ4v) is 3.45. The van der Waals surface area contributed by atoms with Crippen molar-refractivity contribution in [3.8, 4) is 0 Å². The Bertz CT molecular complexity index is 1010. The number of hydrogen-bond donors (Lipinski definition) is 2. The van der Waals surface area contributed by atoms with Gasteiger partial charge in [0.25, 0.3) is 11.8 Å². The highest BCUT2D eigenvalue weighted by molar-refractivity contribution is 7.98. The molecule has 2 aromatic heterocycles. The molecule has 29 heavy (non-hydrogen) atoms. The van der Waals surface area contributed by atoms with Crippen LogP contribution in [0.15, 0.2) is 40.3 Å². The third-order valence-corrected chi connectivity index (χ3v) is 5.29. The first-order valence-corrected chi connectivity index (χ1v) is 9.98. The van der Waals surface area contributed by atoms with Gasteiger partial charge in [0.05, 0.1) is 5.69 Å². The number of rotatable bonds is 6. The second kappa shape index (κ2) is 8.91. The number of carbonyl (C=O) groups is 2. The summed E-state index contributed by atoms with van der Waals surface area (Å²) in [4.78, 5) is 24.8. The zero-order chi connectivity index (χ0) is 21.0. The van der Waals surface area contributed by atoms with Gasteiger partial charge >= 0.3 is 0 Å². The van der Waals surface area contributed by atoms with Crippen LogP contribution in [0.2, 0.25) is 0 Å². The molecule has 0 atom stereocenters. The van der Waals surface area contributed by atoms with Crippen LogP contribution in [0.3, 0.4) is 0 Å². The minimum atomic E-state index is -0.461. The normalized spacial score (nSPS) is 10.9. The van der Waals surface area contributed by atoms with Crippen molar-refractivity contribution in [2.75, 3.05) is 0 Å². The molecule has 152 valence electrons. The van der Waals surface area contributed by atoms with E-state index in [-0.39, 0.29) is 5.92 Å². The van der Waals surface area contributed by atoms with Crippen LogP contribution in [-0.4, -0.2) is 31.7 Å². The summed E-state index contributed by atoms with van der Waals surface area (Å²) in [6.07, 6.45) is 1.65. The summed E-state index contributed by atoms with van der Waals surface area (Å²) in [7, 11) is 1.88. The standard InChI is InChI=1S/C19H22N6O3S/c1-11(2)16-15(12(3)24-28-16)18(27)22-21-17(26)14-7-5-13(6-8-14)9-29-19-23-20-10-25(19)4/h5-8,10-11H,9H2,1-4H3,(H,21,26)(H,22,27). The van der Waals surface area contributed by atoms with Gasteiger partial charge in [-0.2, -0.15) is 0 Å². The van der Waals surface area contributed by atoms with Crippen LogP contribution in [-0.2, 0) is 12.8 Å². The summed E-state index contributed by atoms with van der Waals surface area (Å²) in [5, 5.41) is 12.5. The quantitative estimate of drug-likeness (QED) is 0.470. The summed E-state index contributed by atoms with van der Waals surface area (Å²) >= 11 is 1.56. The highest BCUT2D eigenvalue weighted by Crippen LogP contribution is 2.22. The Balaban J connectivity index is 1.56. The molecule has 9 nitrogen and oxygen atoms in total. The van der Waals surface area contributed by atoms with E-state index in [1.54, 1.807) is 37.1 Å². The van der Waals surface area contributed by atoms with E-state index in [9.17, 15) is 9.59 Å². The van der Waals surface area contributed by atoms with Gasteiger partial charge in [-0.15, -0.1) is 10.2 Å². The van der Waals surface area contributed by atoms with Crippen molar-refractivity contribution in [3.63, 3.8) is 0 Å². The highest BCUT2D eigenvalue weighted by Gasteiger charge is 2.23. The number of hydrazine groups is 1. The second-order valence-corrected chi connectivity index (χ2v) is 7.72. The molecule has 0 aliphatic rings. The predicted octanol–water partition coefficient (Wildman–Crippen LogP) is 2.60. The number of aromatic nitrogens is 4. The van der Waals surface area contributed by atoms with Crippen molar-refractivity contribution < 1.29 is 14.1 Å². The van der Waals surface area contributed by atoms with Crippen LogP contribution in [0.4, 0.5) is 0 Å². The molecule has 2 N–H and O–H groups in total. The van der Waals surface area contributed by atoms with E-state index >= 15 is 0 Å². The molecule has 3 aromatic rings. The molecule has 0 aliphatic heterocycles. The lowest BCUT2D eigenvalue weighted by molar-refractivity contribution is 0.0845. The number of carbonyl (C=O) groups excluding carboxylic acids is 2. The third kappa shape index (κ3) is 4.83. The van der Waals surface area contributed by atoms with Crippen LogP contribution >= 0.6 is 11.8 Å². The zero-order valence-electron chi connectivity index (χ0n) is 16.6. The van der Waals surface area contributed by atoms with Gasteiger partial charge in [-0.05, 0) is 24.6 Å². The van der Waals surface area contributed by atoms with E-state index in [0.717, 1.165) is 10.7 Å². The molecular formula is C19H22N6O3S. The molecule has 0 radical (unpaired) electrons. The van der Waals surface area contributed by atoms with E-state index in [0.29, 0.717) is 28.3 Å². The van der Waals surface area contributed by atoms with Gasteiger partial charge in [0.1, 0.15) is 11.9 Å². The van der Waals surface area contributed by atoms with E-state index < -0.39 is 11.8 Å². The van der Waals surface area contributed by atoms with E-state index in [4.69, 9.17) is 4.52 Å². The summed E-state index contributed by atoms with van der Waals surface area (Å²) in [6, 6.07) is 7.14. The monoisotopic (exact) mass is 414 g/mol. The molecule has 2 amide bonds. The fraction of sp³-hybridized carbons (Fsp3) is 0.316. The maximum Gasteiger partial charge on any atom is 0.275 e. The average Bonchev–Trinajstić information content (AvgIpc) is 3.30. The highest BCUT2D eigenvalue weighted by atomic mass is 32.2. The molecule has 0 aliphatic carbocycles. The number of benzene rings is 1. The topological polar surface area (TPSA) is 115 Å². The first-order chi connectivity index (χ1) is 13.9. The van der Waals surface area contributed by atoms with Crippen LogP contribution < -0.4 is 10.9 Å². The Kier molecular flexibility index (Phi) is 6.32. The van der Waals surface area contributed by atoms with E-state index in [1.807, 2.05) is 37.6 Å². The molecule has 0 saturated carbocycles. The zero-order valence-corrected chi connectivity index (χ0v) is 17.4. The number of aryl methyl sites for hydroxylation is 2. The molecule has 0 unspecified atom stereocenters. The Labute approximate surface area is 172 Å². The van der Waals surface area contributed by atoms with Crippen molar-refractivity contribution >= 4 is 23.6 Å². The Morgan fingerprint density at radius 3 is 2.48 bits per heavy atom.